The molecular formula is C26H22O. The molecule has 0 radical (unpaired) electrons. The van der Waals surface area contributed by atoms with Crippen molar-refractivity contribution >= 4 is 16.6 Å². The van der Waals surface area contributed by atoms with E-state index in [1.807, 2.05) is 0 Å². The van der Waals surface area contributed by atoms with Gasteiger partial charge in [0.05, 0.1) is 0 Å². The predicted octanol–water partition coefficient (Wildman–Crippen LogP) is 5.90. The summed E-state index contributed by atoms with van der Waals surface area (Å²) >= 11 is 0. The second-order valence-corrected chi connectivity index (χ2v) is 8.62. The van der Waals surface area contributed by atoms with Crippen molar-refractivity contribution in [3.05, 3.63) is 83.4 Å². The van der Waals surface area contributed by atoms with Crippen LogP contribution in [0.1, 0.15) is 30.4 Å². The smallest absolute Gasteiger partial charge is 0.144 e. The average molecular weight is 350 g/mol. The summed E-state index contributed by atoms with van der Waals surface area (Å²) in [6.07, 6.45) is 7.21. The monoisotopic (exact) mass is 350 g/mol. The zero-order valence-corrected chi connectivity index (χ0v) is 15.4. The molecular weight excluding hydrogens is 328 g/mol. The molecule has 1 heteroatoms. The Morgan fingerprint density at radius 3 is 2.56 bits per heavy atom. The van der Waals surface area contributed by atoms with Crippen LogP contribution in [0, 0.1) is 11.3 Å². The van der Waals surface area contributed by atoms with E-state index in [9.17, 15) is 4.79 Å². The molecule has 1 spiro atoms. The number of rotatable bonds is 1. The average Bonchev–Trinajstić information content (AvgIpc) is 3.30. The van der Waals surface area contributed by atoms with E-state index in [0.29, 0.717) is 18.1 Å². The lowest BCUT2D eigenvalue weighted by Gasteiger charge is -2.39. The first-order chi connectivity index (χ1) is 13.2. The topological polar surface area (TPSA) is 17.1 Å². The number of allylic oxidation sites excluding steroid dienone is 2. The van der Waals surface area contributed by atoms with Crippen LogP contribution in [0.15, 0.2) is 72.3 Å². The van der Waals surface area contributed by atoms with E-state index in [4.69, 9.17) is 0 Å². The van der Waals surface area contributed by atoms with Crippen molar-refractivity contribution in [2.75, 3.05) is 0 Å². The maximum Gasteiger partial charge on any atom is 0.144 e. The van der Waals surface area contributed by atoms with Gasteiger partial charge in [-0.25, -0.2) is 0 Å². The highest BCUT2D eigenvalue weighted by Gasteiger charge is 2.53. The maximum atomic E-state index is 13.2. The van der Waals surface area contributed by atoms with Crippen molar-refractivity contribution in [3.63, 3.8) is 0 Å². The molecule has 3 aromatic rings. The zero-order chi connectivity index (χ0) is 18.0. The Morgan fingerprint density at radius 2 is 1.78 bits per heavy atom. The minimum absolute atomic E-state index is 0.105. The van der Waals surface area contributed by atoms with E-state index in [-0.39, 0.29) is 5.41 Å². The van der Waals surface area contributed by atoms with E-state index in [1.165, 1.54) is 38.6 Å². The molecule has 1 nitrogen and oxygen atoms in total. The van der Waals surface area contributed by atoms with Crippen molar-refractivity contribution in [2.24, 2.45) is 11.3 Å². The highest BCUT2D eigenvalue weighted by Crippen LogP contribution is 2.57. The molecule has 0 aliphatic heterocycles. The van der Waals surface area contributed by atoms with Gasteiger partial charge in [0, 0.05) is 11.8 Å². The minimum atomic E-state index is -0.105. The third-order valence-corrected chi connectivity index (χ3v) is 7.22. The predicted molar refractivity (Wildman–Crippen MR) is 110 cm³/mol. The molecule has 0 aromatic heterocycles. The van der Waals surface area contributed by atoms with Crippen LogP contribution in [0.3, 0.4) is 0 Å². The summed E-state index contributed by atoms with van der Waals surface area (Å²) in [5, 5.41) is 2.56. The fourth-order valence-electron chi connectivity index (χ4n) is 5.84. The number of ketones is 1. The SMILES string of the molecule is O=C1Cc2cc3cccc(-c4ccccc4)c3cc2CC12CC1=CCC2C1. The van der Waals surface area contributed by atoms with Gasteiger partial charge in [0.25, 0.3) is 0 Å². The molecule has 0 N–H and O–H groups in total. The van der Waals surface area contributed by atoms with Gasteiger partial charge >= 0.3 is 0 Å². The van der Waals surface area contributed by atoms with E-state index >= 15 is 0 Å². The Balaban J connectivity index is 1.52. The van der Waals surface area contributed by atoms with E-state index in [2.05, 4.69) is 66.7 Å². The summed E-state index contributed by atoms with van der Waals surface area (Å²) in [6.45, 7) is 0. The Bertz CT molecular complexity index is 1120. The summed E-state index contributed by atoms with van der Waals surface area (Å²) in [4.78, 5) is 13.2. The number of fused-ring (bicyclic) bond motifs is 5. The third kappa shape index (κ3) is 2.15. The Hall–Kier alpha value is -2.67. The van der Waals surface area contributed by atoms with Gasteiger partial charge in [-0.3, -0.25) is 4.79 Å². The van der Waals surface area contributed by atoms with Crippen molar-refractivity contribution in [1.82, 2.24) is 0 Å². The van der Waals surface area contributed by atoms with Crippen molar-refractivity contribution < 1.29 is 4.79 Å². The standard InChI is InChI=1S/C26H22O/c27-25-14-20-12-19-7-4-8-23(18-5-2-1-3-6-18)24(19)13-21(20)16-26(25)15-17-9-10-22(26)11-17/h1-9,12-13,22H,10-11,14-16H2. The van der Waals surface area contributed by atoms with Gasteiger partial charge in [-0.1, -0.05) is 72.3 Å². The van der Waals surface area contributed by atoms with Crippen LogP contribution in [0.25, 0.3) is 21.9 Å². The van der Waals surface area contributed by atoms with Gasteiger partial charge in [0.15, 0.2) is 0 Å². The first-order valence-electron chi connectivity index (χ1n) is 10.0. The summed E-state index contributed by atoms with van der Waals surface area (Å²) in [5.41, 5.74) is 6.63. The number of hydrogen-bond acceptors (Lipinski definition) is 1. The van der Waals surface area contributed by atoms with E-state index < -0.39 is 0 Å². The van der Waals surface area contributed by atoms with Gasteiger partial charge < -0.3 is 0 Å². The van der Waals surface area contributed by atoms with Crippen molar-refractivity contribution in [2.45, 2.75) is 32.1 Å². The zero-order valence-electron chi connectivity index (χ0n) is 15.4. The largest absolute Gasteiger partial charge is 0.299 e. The lowest BCUT2D eigenvalue weighted by Crippen LogP contribution is -2.42. The number of hydrogen-bond donors (Lipinski definition) is 0. The molecule has 0 amide bonds. The van der Waals surface area contributed by atoms with Crippen LogP contribution in [-0.4, -0.2) is 5.78 Å². The normalized spacial score (nSPS) is 25.9. The van der Waals surface area contributed by atoms with Gasteiger partial charge in [-0.05, 0) is 64.6 Å². The number of Topliss-reactive ketones (excluding diaryl/α,β-unsaturated/α-hetero) is 1. The van der Waals surface area contributed by atoms with E-state index in [0.717, 1.165) is 25.7 Å². The molecule has 2 unspecified atom stereocenters. The third-order valence-electron chi connectivity index (χ3n) is 7.22. The Morgan fingerprint density at radius 1 is 0.889 bits per heavy atom. The summed E-state index contributed by atoms with van der Waals surface area (Å²) < 4.78 is 0. The molecule has 3 aromatic carbocycles. The maximum absolute atomic E-state index is 13.2. The molecule has 0 heterocycles. The molecule has 1 saturated carbocycles. The fourth-order valence-corrected chi connectivity index (χ4v) is 5.84. The highest BCUT2D eigenvalue weighted by molar-refractivity contribution is 5.99. The molecule has 132 valence electrons. The van der Waals surface area contributed by atoms with Crippen LogP contribution < -0.4 is 0 Å². The lowest BCUT2D eigenvalue weighted by atomic mass is 9.63. The fraction of sp³-hybridized carbons (Fsp3) is 0.269. The summed E-state index contributed by atoms with van der Waals surface area (Å²) in [6, 6.07) is 21.8. The van der Waals surface area contributed by atoms with Crippen LogP contribution in [0.2, 0.25) is 0 Å². The van der Waals surface area contributed by atoms with Gasteiger partial charge in [0.1, 0.15) is 5.78 Å². The van der Waals surface area contributed by atoms with Gasteiger partial charge in [0.2, 0.25) is 0 Å². The summed E-state index contributed by atoms with van der Waals surface area (Å²) in [7, 11) is 0. The van der Waals surface area contributed by atoms with Gasteiger partial charge in [-0.15, -0.1) is 0 Å². The minimum Gasteiger partial charge on any atom is -0.299 e. The first kappa shape index (κ1) is 15.4. The van der Waals surface area contributed by atoms with Crippen LogP contribution in [0.5, 0.6) is 0 Å². The second kappa shape index (κ2) is 5.42. The lowest BCUT2D eigenvalue weighted by molar-refractivity contribution is -0.131. The molecule has 3 aliphatic rings. The molecule has 1 fully saturated rings. The van der Waals surface area contributed by atoms with Crippen LogP contribution >= 0.6 is 0 Å². The van der Waals surface area contributed by atoms with Crippen LogP contribution in [-0.2, 0) is 17.6 Å². The second-order valence-electron chi connectivity index (χ2n) is 8.62. The number of benzene rings is 3. The quantitative estimate of drug-likeness (QED) is 0.499. The first-order valence-corrected chi connectivity index (χ1v) is 10.0. The van der Waals surface area contributed by atoms with E-state index in [1.54, 1.807) is 0 Å². The van der Waals surface area contributed by atoms with Gasteiger partial charge in [-0.2, -0.15) is 0 Å². The number of carbonyl (C=O) groups is 1. The van der Waals surface area contributed by atoms with Crippen molar-refractivity contribution in [3.8, 4) is 11.1 Å². The molecule has 0 saturated heterocycles. The highest BCUT2D eigenvalue weighted by atomic mass is 16.1. The Kier molecular flexibility index (Phi) is 3.09. The molecule has 6 rings (SSSR count). The molecule has 27 heavy (non-hydrogen) atoms. The molecule has 3 aliphatic carbocycles. The van der Waals surface area contributed by atoms with Crippen LogP contribution in [0.4, 0.5) is 0 Å². The summed E-state index contributed by atoms with van der Waals surface area (Å²) in [5.74, 6) is 1.04. The Labute approximate surface area is 159 Å². The molecule has 2 atom stereocenters. The number of carbonyl (C=O) groups excluding carboxylic acids is 1. The van der Waals surface area contributed by atoms with Crippen molar-refractivity contribution in [1.29, 1.82) is 0 Å². The molecule has 2 bridgehead atoms.